The van der Waals surface area contributed by atoms with Gasteiger partial charge in [-0.05, 0) is 48.4 Å². The van der Waals surface area contributed by atoms with Crippen molar-refractivity contribution in [2.75, 3.05) is 10.6 Å². The second kappa shape index (κ2) is 7.91. The zero-order chi connectivity index (χ0) is 19.4. The van der Waals surface area contributed by atoms with E-state index < -0.39 is 10.0 Å². The number of sulfonamides is 1. The maximum atomic E-state index is 11.4. The van der Waals surface area contributed by atoms with Crippen LogP contribution in [0.2, 0.25) is 5.02 Å². The molecule has 9 heteroatoms. The first-order valence-corrected chi connectivity index (χ1v) is 9.94. The van der Waals surface area contributed by atoms with Crippen LogP contribution in [0.15, 0.2) is 59.8 Å². The van der Waals surface area contributed by atoms with Crippen molar-refractivity contribution in [3.05, 3.63) is 71.0 Å². The molecule has 7 nitrogen and oxygen atoms in total. The van der Waals surface area contributed by atoms with E-state index in [0.29, 0.717) is 23.2 Å². The van der Waals surface area contributed by atoms with E-state index in [4.69, 9.17) is 16.7 Å². The van der Waals surface area contributed by atoms with E-state index in [1.54, 1.807) is 18.2 Å². The molecular weight excluding hydrogens is 386 g/mol. The van der Waals surface area contributed by atoms with Gasteiger partial charge in [-0.2, -0.15) is 0 Å². The van der Waals surface area contributed by atoms with Gasteiger partial charge in [0.2, 0.25) is 10.0 Å². The van der Waals surface area contributed by atoms with Crippen molar-refractivity contribution in [3.8, 4) is 0 Å². The third-order valence-corrected chi connectivity index (χ3v) is 5.13. The number of aryl methyl sites for hydroxylation is 1. The first kappa shape index (κ1) is 19.1. The fraction of sp³-hybridized carbons (Fsp3) is 0.111. The molecule has 0 spiro atoms. The molecule has 0 saturated heterocycles. The summed E-state index contributed by atoms with van der Waals surface area (Å²) in [5.74, 6) is 1.21. The van der Waals surface area contributed by atoms with Crippen LogP contribution in [0.25, 0.3) is 0 Å². The Morgan fingerprint density at radius 1 is 1.07 bits per heavy atom. The summed E-state index contributed by atoms with van der Waals surface area (Å²) in [6, 6.07) is 13.8. The van der Waals surface area contributed by atoms with Gasteiger partial charge in [-0.1, -0.05) is 23.7 Å². The van der Waals surface area contributed by atoms with E-state index in [1.807, 2.05) is 25.1 Å². The smallest absolute Gasteiger partial charge is 0.238 e. The Kier molecular flexibility index (Phi) is 5.59. The summed E-state index contributed by atoms with van der Waals surface area (Å²) >= 11 is 6.04. The minimum atomic E-state index is -3.73. The first-order chi connectivity index (χ1) is 12.8. The van der Waals surface area contributed by atoms with Gasteiger partial charge in [0.15, 0.2) is 0 Å². The molecule has 140 valence electrons. The summed E-state index contributed by atoms with van der Waals surface area (Å²) in [7, 11) is -3.73. The molecule has 1 aromatic heterocycles. The van der Waals surface area contributed by atoms with E-state index >= 15 is 0 Å². The molecule has 3 rings (SSSR count). The highest BCUT2D eigenvalue weighted by molar-refractivity contribution is 7.89. The zero-order valence-electron chi connectivity index (χ0n) is 14.5. The molecule has 3 aromatic rings. The van der Waals surface area contributed by atoms with E-state index in [1.165, 1.54) is 18.5 Å². The van der Waals surface area contributed by atoms with Gasteiger partial charge in [-0.3, -0.25) is 0 Å². The Labute approximate surface area is 162 Å². The standard InChI is InChI=1S/C18H18ClN5O2S/c1-12-7-14(5-6-16(12)19)24-18-9-17(22-11-23-18)21-10-13-3-2-4-15(8-13)27(20,25)26/h2-9,11H,10H2,1H3,(H2,20,25,26)(H2,21,22,23,24). The van der Waals surface area contributed by atoms with Crippen LogP contribution in [-0.4, -0.2) is 18.4 Å². The van der Waals surface area contributed by atoms with Crippen LogP contribution in [0.1, 0.15) is 11.1 Å². The van der Waals surface area contributed by atoms with E-state index in [-0.39, 0.29) is 4.90 Å². The molecule has 2 aromatic carbocycles. The number of hydrogen-bond donors (Lipinski definition) is 3. The SMILES string of the molecule is Cc1cc(Nc2cc(NCc3cccc(S(N)(=O)=O)c3)ncn2)ccc1Cl. The minimum absolute atomic E-state index is 0.0740. The van der Waals surface area contributed by atoms with Crippen LogP contribution in [0.3, 0.4) is 0 Å². The number of anilines is 3. The lowest BCUT2D eigenvalue weighted by Gasteiger charge is -2.10. The average molecular weight is 404 g/mol. The third-order valence-electron chi connectivity index (χ3n) is 3.80. The lowest BCUT2D eigenvalue weighted by molar-refractivity contribution is 0.597. The predicted molar refractivity (Wildman–Crippen MR) is 107 cm³/mol. The number of rotatable bonds is 6. The number of nitrogens with one attached hydrogen (secondary N) is 2. The summed E-state index contributed by atoms with van der Waals surface area (Å²) in [5.41, 5.74) is 2.59. The highest BCUT2D eigenvalue weighted by atomic mass is 35.5. The number of hydrogen-bond acceptors (Lipinski definition) is 6. The molecule has 0 amide bonds. The molecule has 0 radical (unpaired) electrons. The van der Waals surface area contributed by atoms with Crippen LogP contribution >= 0.6 is 11.6 Å². The van der Waals surface area contributed by atoms with Crippen molar-refractivity contribution in [1.29, 1.82) is 0 Å². The Bertz CT molecular complexity index is 1070. The highest BCUT2D eigenvalue weighted by Crippen LogP contribution is 2.22. The lowest BCUT2D eigenvalue weighted by Crippen LogP contribution is -2.12. The first-order valence-electron chi connectivity index (χ1n) is 8.02. The van der Waals surface area contributed by atoms with Crippen molar-refractivity contribution in [3.63, 3.8) is 0 Å². The maximum Gasteiger partial charge on any atom is 0.238 e. The molecule has 27 heavy (non-hydrogen) atoms. The Balaban J connectivity index is 1.70. The second-order valence-corrected chi connectivity index (χ2v) is 7.89. The molecule has 0 atom stereocenters. The zero-order valence-corrected chi connectivity index (χ0v) is 16.1. The molecule has 1 heterocycles. The van der Waals surface area contributed by atoms with Crippen LogP contribution in [0.4, 0.5) is 17.3 Å². The van der Waals surface area contributed by atoms with Crippen LogP contribution in [-0.2, 0) is 16.6 Å². The molecule has 0 unspecified atom stereocenters. The third kappa shape index (κ3) is 5.16. The molecule has 0 fully saturated rings. The fourth-order valence-corrected chi connectivity index (χ4v) is 3.12. The average Bonchev–Trinajstić information content (AvgIpc) is 2.63. The molecular formula is C18H18ClN5O2S. The van der Waals surface area contributed by atoms with Gasteiger partial charge >= 0.3 is 0 Å². The highest BCUT2D eigenvalue weighted by Gasteiger charge is 2.08. The number of nitrogens with two attached hydrogens (primary N) is 1. The summed E-state index contributed by atoms with van der Waals surface area (Å²) in [4.78, 5) is 8.44. The quantitative estimate of drug-likeness (QED) is 0.581. The second-order valence-electron chi connectivity index (χ2n) is 5.92. The van der Waals surface area contributed by atoms with Gasteiger partial charge in [0.25, 0.3) is 0 Å². The molecule has 0 aliphatic heterocycles. The summed E-state index contributed by atoms with van der Waals surface area (Å²) in [6.45, 7) is 2.32. The lowest BCUT2D eigenvalue weighted by atomic mass is 10.2. The number of nitrogens with zero attached hydrogens (tertiary/aromatic N) is 2. The van der Waals surface area contributed by atoms with E-state index in [9.17, 15) is 8.42 Å². The van der Waals surface area contributed by atoms with Gasteiger partial charge in [0.05, 0.1) is 4.90 Å². The van der Waals surface area contributed by atoms with E-state index in [2.05, 4.69) is 20.6 Å². The molecule has 0 aliphatic carbocycles. The Morgan fingerprint density at radius 3 is 2.59 bits per heavy atom. The topological polar surface area (TPSA) is 110 Å². The number of benzene rings is 2. The minimum Gasteiger partial charge on any atom is -0.366 e. The van der Waals surface area contributed by atoms with Gasteiger partial charge in [-0.25, -0.2) is 23.5 Å². The molecule has 0 aliphatic rings. The van der Waals surface area contributed by atoms with Crippen LogP contribution in [0, 0.1) is 6.92 Å². The molecule has 4 N–H and O–H groups in total. The van der Waals surface area contributed by atoms with Gasteiger partial charge in [0.1, 0.15) is 18.0 Å². The summed E-state index contributed by atoms with van der Waals surface area (Å²) in [5, 5.41) is 12.2. The van der Waals surface area contributed by atoms with Crippen LogP contribution < -0.4 is 15.8 Å². The normalized spacial score (nSPS) is 11.2. The van der Waals surface area contributed by atoms with Gasteiger partial charge in [-0.15, -0.1) is 0 Å². The van der Waals surface area contributed by atoms with Crippen molar-refractivity contribution < 1.29 is 8.42 Å². The van der Waals surface area contributed by atoms with Gasteiger partial charge in [0, 0.05) is 23.3 Å². The number of halogens is 1. The predicted octanol–water partition coefficient (Wildman–Crippen LogP) is 3.44. The molecule has 0 bridgehead atoms. The van der Waals surface area contributed by atoms with Crippen molar-refractivity contribution in [1.82, 2.24) is 9.97 Å². The Hall–Kier alpha value is -2.68. The number of aromatic nitrogens is 2. The summed E-state index contributed by atoms with van der Waals surface area (Å²) in [6.07, 6.45) is 1.44. The van der Waals surface area contributed by atoms with E-state index in [0.717, 1.165) is 16.8 Å². The molecule has 0 saturated carbocycles. The fourth-order valence-electron chi connectivity index (χ4n) is 2.42. The largest absolute Gasteiger partial charge is 0.366 e. The van der Waals surface area contributed by atoms with Crippen LogP contribution in [0.5, 0.6) is 0 Å². The van der Waals surface area contributed by atoms with Crippen molar-refractivity contribution in [2.45, 2.75) is 18.4 Å². The van der Waals surface area contributed by atoms with Gasteiger partial charge < -0.3 is 10.6 Å². The monoisotopic (exact) mass is 403 g/mol. The summed E-state index contributed by atoms with van der Waals surface area (Å²) < 4.78 is 22.9. The Morgan fingerprint density at radius 2 is 1.85 bits per heavy atom. The van der Waals surface area contributed by atoms with Crippen molar-refractivity contribution >= 4 is 38.9 Å². The van der Waals surface area contributed by atoms with Crippen molar-refractivity contribution in [2.24, 2.45) is 5.14 Å². The maximum absolute atomic E-state index is 11.4. The number of primary sulfonamides is 1.